The van der Waals surface area contributed by atoms with Gasteiger partial charge in [-0.3, -0.25) is 4.48 Å². The minimum Gasteiger partial charge on any atom is -0.390 e. The molecule has 0 amide bonds. The summed E-state index contributed by atoms with van der Waals surface area (Å²) in [6.07, 6.45) is 22.6. The molecule has 0 fully saturated rings. The fraction of sp³-hybridized carbons (Fsp3) is 0.800. The van der Waals surface area contributed by atoms with Gasteiger partial charge in [0.05, 0.1) is 19.4 Å². The lowest BCUT2D eigenvalue weighted by Crippen LogP contribution is -2.54. The number of aliphatic hydroxyl groups excluding tert-OH is 1. The summed E-state index contributed by atoms with van der Waals surface area (Å²) in [5.74, 6) is 0. The number of allylic oxidation sites excluding steroid dienone is 2. The van der Waals surface area contributed by atoms with Crippen molar-refractivity contribution in [3.8, 4) is 0 Å². The van der Waals surface area contributed by atoms with Gasteiger partial charge in [-0.15, -0.1) is 0 Å². The summed E-state index contributed by atoms with van der Waals surface area (Å²) in [7, 11) is 0. The van der Waals surface area contributed by atoms with Crippen molar-refractivity contribution in [3.05, 3.63) is 24.6 Å². The predicted molar refractivity (Wildman–Crippen MR) is 99.8 cm³/mol. The number of unbranched alkanes of at least 4 members (excludes halogenated alkanes) is 7. The quantitative estimate of drug-likeness (QED) is 0.276. The number of nitrogens with zero attached hydrogens (tertiary/aromatic N) is 1. The van der Waals surface area contributed by atoms with Crippen LogP contribution in [-0.4, -0.2) is 35.5 Å². The van der Waals surface area contributed by atoms with Crippen LogP contribution >= 0.6 is 0 Å². The molecule has 0 aliphatic carbocycles. The monoisotopic (exact) mass is 323 g/mol. The fourth-order valence-corrected chi connectivity index (χ4v) is 3.50. The number of likely N-dealkylation sites (N-methyl/N-ethyl adjacent to an activating group) is 1. The van der Waals surface area contributed by atoms with E-state index in [2.05, 4.69) is 43.7 Å². The zero-order valence-electron chi connectivity index (χ0n) is 15.5. The molecule has 3 nitrogen and oxygen atoms in total. The minimum absolute atomic E-state index is 0.258. The molecular formula is C20H39N2O+. The van der Waals surface area contributed by atoms with Gasteiger partial charge in [-0.2, -0.15) is 0 Å². The zero-order valence-corrected chi connectivity index (χ0v) is 15.5. The van der Waals surface area contributed by atoms with Crippen LogP contribution in [0.1, 0.15) is 78.1 Å². The molecule has 0 spiro atoms. The van der Waals surface area contributed by atoms with Crippen LogP contribution in [0.5, 0.6) is 0 Å². The Morgan fingerprint density at radius 1 is 1.00 bits per heavy atom. The molecule has 2 atom stereocenters. The highest BCUT2D eigenvalue weighted by molar-refractivity contribution is 4.86. The van der Waals surface area contributed by atoms with E-state index in [4.69, 9.17) is 0 Å². The van der Waals surface area contributed by atoms with Crippen molar-refractivity contribution >= 4 is 0 Å². The summed E-state index contributed by atoms with van der Waals surface area (Å²) >= 11 is 0. The highest BCUT2D eigenvalue weighted by Gasteiger charge is 2.35. The highest BCUT2D eigenvalue weighted by Crippen LogP contribution is 2.22. The maximum absolute atomic E-state index is 9.31. The molecule has 0 radical (unpaired) electrons. The summed E-state index contributed by atoms with van der Waals surface area (Å²) in [4.78, 5) is 0. The Hall–Kier alpha value is -0.800. The van der Waals surface area contributed by atoms with E-state index in [0.717, 1.165) is 17.6 Å². The van der Waals surface area contributed by atoms with Gasteiger partial charge in [0.15, 0.2) is 6.17 Å². The van der Waals surface area contributed by atoms with Crippen molar-refractivity contribution in [2.45, 2.75) is 84.2 Å². The lowest BCUT2D eigenvalue weighted by Gasteiger charge is -2.36. The Balaban J connectivity index is 2.07. The SMILES string of the molecule is CCCCCCCC/C=C/CCCC1NC=C[N+]1(CC)CCO. The lowest BCUT2D eigenvalue weighted by atomic mass is 10.1. The molecular weight excluding hydrogens is 284 g/mol. The zero-order chi connectivity index (χ0) is 16.8. The van der Waals surface area contributed by atoms with Crippen LogP contribution in [-0.2, 0) is 0 Å². The Labute approximate surface area is 144 Å². The first-order chi connectivity index (χ1) is 11.3. The van der Waals surface area contributed by atoms with E-state index in [1.165, 1.54) is 64.2 Å². The molecule has 134 valence electrons. The molecule has 1 aliphatic heterocycles. The standard InChI is InChI=1S/C20H39N2O/c1-3-5-6-7-8-9-10-11-12-13-14-15-20-21-16-17-22(20,4-2)18-19-23/h11-12,16-17,20-21,23H,3-10,13-15,18-19H2,1-2H3/q+1/b12-11+. The van der Waals surface area contributed by atoms with E-state index in [0.29, 0.717) is 6.17 Å². The van der Waals surface area contributed by atoms with Crippen LogP contribution in [0.3, 0.4) is 0 Å². The Morgan fingerprint density at radius 2 is 1.70 bits per heavy atom. The van der Waals surface area contributed by atoms with Crippen molar-refractivity contribution in [2.75, 3.05) is 19.7 Å². The Bertz CT molecular complexity index is 341. The van der Waals surface area contributed by atoms with Gasteiger partial charge in [-0.1, -0.05) is 51.2 Å². The average Bonchev–Trinajstić information content (AvgIpc) is 2.96. The molecule has 23 heavy (non-hydrogen) atoms. The average molecular weight is 324 g/mol. The molecule has 1 rings (SSSR count). The Kier molecular flexibility index (Phi) is 11.1. The third-order valence-electron chi connectivity index (χ3n) is 5.13. The summed E-state index contributed by atoms with van der Waals surface area (Å²) in [5, 5.41) is 12.8. The highest BCUT2D eigenvalue weighted by atomic mass is 16.3. The van der Waals surface area contributed by atoms with Crippen LogP contribution in [0.2, 0.25) is 0 Å². The second-order valence-electron chi connectivity index (χ2n) is 6.82. The van der Waals surface area contributed by atoms with Gasteiger partial charge in [0, 0.05) is 6.42 Å². The first-order valence-corrected chi connectivity index (χ1v) is 9.85. The lowest BCUT2D eigenvalue weighted by molar-refractivity contribution is -0.900. The number of aliphatic hydroxyl groups is 1. The van der Waals surface area contributed by atoms with Crippen molar-refractivity contribution in [1.82, 2.24) is 5.32 Å². The number of quaternary nitrogens is 1. The Morgan fingerprint density at radius 3 is 2.39 bits per heavy atom. The van der Waals surface area contributed by atoms with Crippen LogP contribution < -0.4 is 5.32 Å². The summed E-state index contributed by atoms with van der Waals surface area (Å²) in [5.41, 5.74) is 0. The van der Waals surface area contributed by atoms with E-state index in [-0.39, 0.29) is 6.61 Å². The predicted octanol–water partition coefficient (Wildman–Crippen LogP) is 4.69. The maximum atomic E-state index is 9.31. The first kappa shape index (κ1) is 20.2. The summed E-state index contributed by atoms with van der Waals surface area (Å²) in [6, 6.07) is 0. The van der Waals surface area contributed by atoms with E-state index in [1.807, 2.05) is 0 Å². The summed E-state index contributed by atoms with van der Waals surface area (Å²) < 4.78 is 0.887. The number of nitrogens with one attached hydrogen (secondary N) is 1. The molecule has 0 saturated carbocycles. The molecule has 0 aromatic heterocycles. The van der Waals surface area contributed by atoms with E-state index in [9.17, 15) is 5.11 Å². The van der Waals surface area contributed by atoms with Crippen molar-refractivity contribution in [3.63, 3.8) is 0 Å². The van der Waals surface area contributed by atoms with Gasteiger partial charge >= 0.3 is 0 Å². The van der Waals surface area contributed by atoms with Gasteiger partial charge < -0.3 is 10.4 Å². The van der Waals surface area contributed by atoms with Gasteiger partial charge in [0.25, 0.3) is 0 Å². The molecule has 0 aromatic carbocycles. The third-order valence-corrected chi connectivity index (χ3v) is 5.13. The van der Waals surface area contributed by atoms with E-state index < -0.39 is 0 Å². The maximum Gasteiger partial charge on any atom is 0.166 e. The second-order valence-corrected chi connectivity index (χ2v) is 6.82. The molecule has 1 heterocycles. The van der Waals surface area contributed by atoms with Crippen LogP contribution in [0.4, 0.5) is 0 Å². The van der Waals surface area contributed by atoms with Gasteiger partial charge in [-0.05, 0) is 32.6 Å². The van der Waals surface area contributed by atoms with Gasteiger partial charge in [0.2, 0.25) is 0 Å². The van der Waals surface area contributed by atoms with Crippen LogP contribution in [0.25, 0.3) is 0 Å². The van der Waals surface area contributed by atoms with Crippen molar-refractivity contribution in [1.29, 1.82) is 0 Å². The molecule has 3 heteroatoms. The molecule has 0 aromatic rings. The van der Waals surface area contributed by atoms with Gasteiger partial charge in [-0.25, -0.2) is 0 Å². The number of hydrogen-bond acceptors (Lipinski definition) is 2. The van der Waals surface area contributed by atoms with E-state index in [1.54, 1.807) is 0 Å². The molecule has 2 unspecified atom stereocenters. The fourth-order valence-electron chi connectivity index (χ4n) is 3.50. The van der Waals surface area contributed by atoms with Gasteiger partial charge in [0.1, 0.15) is 12.7 Å². The second kappa shape index (κ2) is 12.6. The molecule has 2 N–H and O–H groups in total. The molecule has 0 saturated heterocycles. The number of rotatable bonds is 14. The first-order valence-electron chi connectivity index (χ1n) is 9.85. The minimum atomic E-state index is 0.258. The van der Waals surface area contributed by atoms with Crippen molar-refractivity contribution < 1.29 is 9.59 Å². The van der Waals surface area contributed by atoms with Crippen molar-refractivity contribution in [2.24, 2.45) is 0 Å². The third kappa shape index (κ3) is 7.54. The largest absolute Gasteiger partial charge is 0.390 e. The molecule has 0 bridgehead atoms. The topological polar surface area (TPSA) is 32.3 Å². The summed E-state index contributed by atoms with van der Waals surface area (Å²) in [6.45, 7) is 6.60. The normalized spacial score (nSPS) is 23.7. The van der Waals surface area contributed by atoms with Crippen LogP contribution in [0, 0.1) is 0 Å². The smallest absolute Gasteiger partial charge is 0.166 e. The number of hydrogen-bond donors (Lipinski definition) is 2. The van der Waals surface area contributed by atoms with E-state index >= 15 is 0 Å². The molecule has 1 aliphatic rings. The van der Waals surface area contributed by atoms with Crippen LogP contribution in [0.15, 0.2) is 24.6 Å².